The first-order valence-corrected chi connectivity index (χ1v) is 20.9. The average Bonchev–Trinajstić information content (AvgIpc) is 3.21. The van der Waals surface area contributed by atoms with Crippen molar-refractivity contribution in [2.75, 3.05) is 42.7 Å². The second-order valence-corrected chi connectivity index (χ2v) is 19.2. The van der Waals surface area contributed by atoms with E-state index in [1.165, 1.54) is 11.1 Å². The number of hydrogen-bond acceptors (Lipinski definition) is 7. The van der Waals surface area contributed by atoms with Gasteiger partial charge in [-0.2, -0.15) is 0 Å². The number of carbonyl (C=O) groups excluding carboxylic acids is 1. The monoisotopic (exact) mass is 788 g/mol. The third kappa shape index (κ3) is 8.36. The van der Waals surface area contributed by atoms with Gasteiger partial charge in [-0.3, -0.25) is 4.79 Å². The molecule has 0 aliphatic carbocycles. The molecule has 2 atom stereocenters. The van der Waals surface area contributed by atoms with Gasteiger partial charge in [0.25, 0.3) is 0 Å². The van der Waals surface area contributed by atoms with Crippen molar-refractivity contribution in [2.45, 2.75) is 76.5 Å². The molecule has 7 nitrogen and oxygen atoms in total. The van der Waals surface area contributed by atoms with Crippen LogP contribution in [0.25, 0.3) is 22.3 Å². The highest BCUT2D eigenvalue weighted by atomic mass is 31.1. The van der Waals surface area contributed by atoms with Gasteiger partial charge in [-0.15, -0.1) is 0 Å². The van der Waals surface area contributed by atoms with E-state index in [2.05, 4.69) is 108 Å². The molecule has 57 heavy (non-hydrogen) atoms. The normalized spacial score (nSPS) is 17.2. The number of carbonyl (C=O) groups is 1. The standard InChI is InChI=1S/C49H57O7P/c1-48(2,3)32-20-16-30(17-21-32)43-24-34(50)25-44(31-18-22-33(23-19-31)49(4,5)6)57(43)47-37(45-39(53-9)26-35(51-7)27-40(45)54-10)14-13-15-38(47)46-41(55-11)28-36(52-8)29-42(46)56-12/h13-23,26-29,43-44H,24-25H2,1-12H3. The van der Waals surface area contributed by atoms with Crippen LogP contribution in [0.5, 0.6) is 34.5 Å². The van der Waals surface area contributed by atoms with Crippen molar-refractivity contribution in [1.29, 1.82) is 0 Å². The molecule has 5 aromatic rings. The fraction of sp³-hybridized carbons (Fsp3) is 0.367. The fourth-order valence-corrected chi connectivity index (χ4v) is 11.7. The predicted molar refractivity (Wildman–Crippen MR) is 233 cm³/mol. The Morgan fingerprint density at radius 1 is 0.491 bits per heavy atom. The molecule has 8 heteroatoms. The number of ether oxygens (including phenoxy) is 6. The highest BCUT2D eigenvalue weighted by molar-refractivity contribution is 7.67. The molecule has 6 rings (SSSR count). The highest BCUT2D eigenvalue weighted by Crippen LogP contribution is 2.69. The Kier molecular flexibility index (Phi) is 12.3. The van der Waals surface area contributed by atoms with Crippen LogP contribution in [0.4, 0.5) is 0 Å². The van der Waals surface area contributed by atoms with E-state index in [1.54, 1.807) is 42.7 Å². The van der Waals surface area contributed by atoms with Gasteiger partial charge in [-0.25, -0.2) is 0 Å². The van der Waals surface area contributed by atoms with Crippen LogP contribution in [0.2, 0.25) is 0 Å². The summed E-state index contributed by atoms with van der Waals surface area (Å²) in [5.41, 5.74) is 7.97. The third-order valence-electron chi connectivity index (χ3n) is 11.1. The second-order valence-electron chi connectivity index (χ2n) is 16.6. The maximum atomic E-state index is 14.2. The van der Waals surface area contributed by atoms with Gasteiger partial charge >= 0.3 is 0 Å². The van der Waals surface area contributed by atoms with Crippen LogP contribution < -0.4 is 33.7 Å². The zero-order valence-corrected chi connectivity index (χ0v) is 36.4. The molecule has 1 fully saturated rings. The molecule has 0 N–H and O–H groups in total. The summed E-state index contributed by atoms with van der Waals surface area (Å²) in [7, 11) is 8.70. The van der Waals surface area contributed by atoms with Crippen molar-refractivity contribution in [1.82, 2.24) is 0 Å². The Morgan fingerprint density at radius 2 is 0.825 bits per heavy atom. The van der Waals surface area contributed by atoms with Crippen LogP contribution in [-0.4, -0.2) is 48.4 Å². The largest absolute Gasteiger partial charge is 0.496 e. The lowest BCUT2D eigenvalue weighted by Crippen LogP contribution is -2.26. The van der Waals surface area contributed by atoms with Gasteiger partial charge in [-0.1, -0.05) is 116 Å². The molecule has 1 aliphatic heterocycles. The van der Waals surface area contributed by atoms with E-state index in [-0.39, 0.29) is 27.9 Å². The molecular weight excluding hydrogens is 732 g/mol. The molecule has 2 unspecified atom stereocenters. The summed E-state index contributed by atoms with van der Waals surface area (Å²) in [6, 6.07) is 31.8. The van der Waals surface area contributed by atoms with Crippen LogP contribution in [0.15, 0.2) is 91.0 Å². The summed E-state index contributed by atoms with van der Waals surface area (Å²) < 4.78 is 36.0. The molecule has 0 radical (unpaired) electrons. The minimum Gasteiger partial charge on any atom is -0.496 e. The molecule has 300 valence electrons. The van der Waals surface area contributed by atoms with Crippen LogP contribution in [-0.2, 0) is 15.6 Å². The molecule has 0 spiro atoms. The van der Waals surface area contributed by atoms with Crippen LogP contribution >= 0.6 is 7.92 Å². The number of benzene rings is 5. The summed E-state index contributed by atoms with van der Waals surface area (Å²) >= 11 is 0. The molecule has 0 aromatic heterocycles. The van der Waals surface area contributed by atoms with Gasteiger partial charge in [0.15, 0.2) is 0 Å². The SMILES string of the molecule is COc1cc(OC)c(-c2cccc(-c3c(OC)cc(OC)cc3OC)c2P2C(c3ccc(C(C)(C)C)cc3)CC(=O)CC2c2ccc(C(C)(C)C)cc2)c(OC)c1. The minimum atomic E-state index is -1.23. The summed E-state index contributed by atoms with van der Waals surface area (Å²) in [5.74, 6) is 3.92. The number of hydrogen-bond donors (Lipinski definition) is 0. The number of Topliss-reactive ketones (excluding diaryl/α,β-unsaturated/α-hetero) is 1. The van der Waals surface area contributed by atoms with Gasteiger partial charge in [0, 0.05) is 48.4 Å². The molecule has 0 bridgehead atoms. The second kappa shape index (κ2) is 16.8. The van der Waals surface area contributed by atoms with Crippen molar-refractivity contribution in [3.63, 3.8) is 0 Å². The summed E-state index contributed by atoms with van der Waals surface area (Å²) in [6.45, 7) is 13.4. The van der Waals surface area contributed by atoms with Crippen molar-refractivity contribution >= 4 is 19.0 Å². The summed E-state index contributed by atoms with van der Waals surface area (Å²) in [5, 5.41) is 1.10. The van der Waals surface area contributed by atoms with E-state index in [1.807, 2.05) is 24.3 Å². The van der Waals surface area contributed by atoms with Gasteiger partial charge in [0.2, 0.25) is 0 Å². The predicted octanol–water partition coefficient (Wildman–Crippen LogP) is 11.6. The zero-order chi connectivity index (χ0) is 41.2. The van der Waals surface area contributed by atoms with Crippen molar-refractivity contribution in [3.05, 3.63) is 113 Å². The Hall–Kier alpha value is -5.00. The van der Waals surface area contributed by atoms with Crippen LogP contribution in [0.3, 0.4) is 0 Å². The Morgan fingerprint density at radius 3 is 1.11 bits per heavy atom. The maximum Gasteiger partial charge on any atom is 0.134 e. The van der Waals surface area contributed by atoms with Gasteiger partial charge in [-0.05, 0) is 49.5 Å². The summed E-state index contributed by atoms with van der Waals surface area (Å²) in [6.07, 6.45) is 0.831. The van der Waals surface area contributed by atoms with Crippen molar-refractivity contribution < 1.29 is 33.2 Å². The topological polar surface area (TPSA) is 72.5 Å². The molecule has 0 saturated carbocycles. The van der Waals surface area contributed by atoms with Crippen LogP contribution in [0.1, 0.15) is 88.0 Å². The Labute approximate surface area is 340 Å². The van der Waals surface area contributed by atoms with E-state index in [0.717, 1.165) is 38.7 Å². The fourth-order valence-electron chi connectivity index (χ4n) is 7.98. The van der Waals surface area contributed by atoms with Crippen LogP contribution in [0, 0.1) is 0 Å². The Balaban J connectivity index is 1.77. The van der Waals surface area contributed by atoms with Crippen molar-refractivity contribution in [2.24, 2.45) is 0 Å². The number of ketones is 1. The van der Waals surface area contributed by atoms with Crippen molar-refractivity contribution in [3.8, 4) is 56.8 Å². The zero-order valence-electron chi connectivity index (χ0n) is 35.5. The molecule has 1 aliphatic rings. The Bertz CT molecular complexity index is 2010. The van der Waals surface area contributed by atoms with E-state index in [9.17, 15) is 4.79 Å². The third-order valence-corrected chi connectivity index (χ3v) is 14.4. The lowest BCUT2D eigenvalue weighted by molar-refractivity contribution is -0.119. The number of rotatable bonds is 11. The quantitative estimate of drug-likeness (QED) is 0.123. The van der Waals surface area contributed by atoms with Gasteiger partial charge < -0.3 is 28.4 Å². The van der Waals surface area contributed by atoms with E-state index >= 15 is 0 Å². The molecule has 1 saturated heterocycles. The number of methoxy groups -OCH3 is 6. The molecular formula is C49H57O7P. The summed E-state index contributed by atoms with van der Waals surface area (Å²) in [4.78, 5) is 14.2. The smallest absolute Gasteiger partial charge is 0.134 e. The van der Waals surface area contributed by atoms with Gasteiger partial charge in [0.05, 0.1) is 53.8 Å². The van der Waals surface area contributed by atoms with Gasteiger partial charge in [0.1, 0.15) is 40.3 Å². The average molecular weight is 789 g/mol. The first-order valence-electron chi connectivity index (χ1n) is 19.4. The lowest BCUT2D eigenvalue weighted by atomic mass is 9.86. The maximum absolute atomic E-state index is 14.2. The lowest BCUT2D eigenvalue weighted by Gasteiger charge is -2.41. The molecule has 1 heterocycles. The first kappa shape index (κ1) is 41.6. The van der Waals surface area contributed by atoms with E-state index in [0.29, 0.717) is 47.3 Å². The minimum absolute atomic E-state index is 0.0221. The highest BCUT2D eigenvalue weighted by Gasteiger charge is 2.43. The molecule has 0 amide bonds. The first-order chi connectivity index (χ1) is 27.2. The van der Waals surface area contributed by atoms with E-state index < -0.39 is 7.92 Å². The molecule has 5 aromatic carbocycles. The van der Waals surface area contributed by atoms with E-state index in [4.69, 9.17) is 28.4 Å².